The summed E-state index contributed by atoms with van der Waals surface area (Å²) in [6.45, 7) is 10.3. The quantitative estimate of drug-likeness (QED) is 0.855. The first kappa shape index (κ1) is 15.5. The molecular weight excluding hydrogens is 248 g/mol. The van der Waals surface area contributed by atoms with Crippen LogP contribution in [-0.4, -0.2) is 45.3 Å². The van der Waals surface area contributed by atoms with Crippen molar-refractivity contribution in [2.24, 2.45) is 5.92 Å². The van der Waals surface area contributed by atoms with Crippen molar-refractivity contribution in [2.75, 3.05) is 25.4 Å². The molecule has 0 aliphatic carbocycles. The van der Waals surface area contributed by atoms with Crippen LogP contribution in [0.25, 0.3) is 0 Å². The van der Waals surface area contributed by atoms with E-state index >= 15 is 0 Å². The van der Waals surface area contributed by atoms with E-state index in [0.717, 1.165) is 31.8 Å². The minimum atomic E-state index is -0.898. The van der Waals surface area contributed by atoms with Gasteiger partial charge in [0.25, 0.3) is 0 Å². The molecule has 0 spiro atoms. The molecule has 0 aromatic carbocycles. The zero-order valence-corrected chi connectivity index (χ0v) is 12.8. The molecule has 2 amide bonds. The van der Waals surface area contributed by atoms with Crippen molar-refractivity contribution in [3.63, 3.8) is 0 Å². The second-order valence-electron chi connectivity index (χ2n) is 6.06. The number of nitrogens with zero attached hydrogens (tertiary/aromatic N) is 1. The molecule has 0 bridgehead atoms. The number of amides is 2. The predicted molar refractivity (Wildman–Crippen MR) is 76.1 cm³/mol. The molecule has 1 aliphatic heterocycles. The van der Waals surface area contributed by atoms with E-state index in [0.29, 0.717) is 12.3 Å². The summed E-state index contributed by atoms with van der Waals surface area (Å²) < 4.78 is 11.6. The monoisotopic (exact) mass is 274 g/mol. The third-order valence-electron chi connectivity index (χ3n) is 3.32. The summed E-state index contributed by atoms with van der Waals surface area (Å²) in [4.78, 5) is 13.7. The van der Waals surface area contributed by atoms with Crippen molar-refractivity contribution in [1.29, 1.82) is 0 Å². The third kappa shape index (κ3) is 4.96. The lowest BCUT2D eigenvalue weighted by atomic mass is 10.00. The van der Waals surface area contributed by atoms with Crippen LogP contribution in [0, 0.1) is 5.92 Å². The molecule has 4 nitrogen and oxygen atoms in total. The normalized spacial score (nSPS) is 19.7. The summed E-state index contributed by atoms with van der Waals surface area (Å²) >= 11 is 0. The highest BCUT2D eigenvalue weighted by Gasteiger charge is 2.21. The molecule has 1 aliphatic rings. The number of carbonyl (C=O) groups excluding carboxylic acids is 1. The summed E-state index contributed by atoms with van der Waals surface area (Å²) in [6, 6.07) is -0.00666. The smallest absolute Gasteiger partial charge is 0.317 e. The van der Waals surface area contributed by atoms with Crippen LogP contribution in [0.3, 0.4) is 0 Å². The number of hydrogen-bond acceptors (Lipinski definition) is 2. The standard InChI is InChI=1S/C13H26N2O2S/c1-11-5-8-15(9-6-11)12(16)14-7-10-18(17)13(2,3)4/h11H,5-10H2,1-4H3,(H,14,16). The van der Waals surface area contributed by atoms with E-state index in [1.54, 1.807) is 0 Å². The fourth-order valence-corrected chi connectivity index (χ4v) is 2.78. The second-order valence-corrected chi connectivity index (χ2v) is 8.39. The number of nitrogens with one attached hydrogen (secondary N) is 1. The fraction of sp³-hybridized carbons (Fsp3) is 0.923. The Morgan fingerprint density at radius 3 is 2.39 bits per heavy atom. The Bertz CT molecular complexity index is 305. The molecule has 0 saturated carbocycles. The first-order valence-corrected chi connectivity index (χ1v) is 8.04. The van der Waals surface area contributed by atoms with Gasteiger partial charge in [0.1, 0.15) is 0 Å². The van der Waals surface area contributed by atoms with Gasteiger partial charge < -0.3 is 10.2 Å². The predicted octanol–water partition coefficient (Wildman–Crippen LogP) is 1.98. The minimum Gasteiger partial charge on any atom is -0.337 e. The third-order valence-corrected chi connectivity index (χ3v) is 5.26. The molecule has 1 fully saturated rings. The molecule has 1 unspecified atom stereocenters. The van der Waals surface area contributed by atoms with Gasteiger partial charge in [0.2, 0.25) is 0 Å². The maximum Gasteiger partial charge on any atom is 0.317 e. The van der Waals surface area contributed by atoms with Gasteiger partial charge in [0.15, 0.2) is 0 Å². The Balaban J connectivity index is 2.23. The van der Waals surface area contributed by atoms with Crippen LogP contribution in [0.1, 0.15) is 40.5 Å². The van der Waals surface area contributed by atoms with Crippen LogP contribution in [0.5, 0.6) is 0 Å². The van der Waals surface area contributed by atoms with Gasteiger partial charge in [-0.3, -0.25) is 4.21 Å². The Labute approximate surface area is 113 Å². The zero-order chi connectivity index (χ0) is 13.8. The molecule has 1 heterocycles. The number of carbonyl (C=O) groups is 1. The lowest BCUT2D eigenvalue weighted by Gasteiger charge is -2.30. The minimum absolute atomic E-state index is 0.00666. The van der Waals surface area contributed by atoms with Gasteiger partial charge in [-0.1, -0.05) is 6.92 Å². The van der Waals surface area contributed by atoms with Crippen LogP contribution in [0.2, 0.25) is 0 Å². The topological polar surface area (TPSA) is 49.4 Å². The molecule has 1 atom stereocenters. The van der Waals surface area contributed by atoms with Crippen LogP contribution in [-0.2, 0) is 10.8 Å². The van der Waals surface area contributed by atoms with E-state index in [1.165, 1.54) is 0 Å². The van der Waals surface area contributed by atoms with Crippen molar-refractivity contribution in [3.05, 3.63) is 0 Å². The second kappa shape index (κ2) is 6.55. The maximum atomic E-state index is 11.9. The van der Waals surface area contributed by atoms with Crippen molar-refractivity contribution >= 4 is 16.8 Å². The van der Waals surface area contributed by atoms with Gasteiger partial charge in [0, 0.05) is 40.9 Å². The molecule has 18 heavy (non-hydrogen) atoms. The van der Waals surface area contributed by atoms with E-state index in [4.69, 9.17) is 0 Å². The Kier molecular flexibility index (Phi) is 5.63. The van der Waals surface area contributed by atoms with Crippen LogP contribution in [0.4, 0.5) is 4.79 Å². The van der Waals surface area contributed by atoms with Crippen molar-refractivity contribution in [1.82, 2.24) is 10.2 Å². The average molecular weight is 274 g/mol. The van der Waals surface area contributed by atoms with E-state index in [-0.39, 0.29) is 10.8 Å². The summed E-state index contributed by atoms with van der Waals surface area (Å²) in [5.41, 5.74) is 0. The highest BCUT2D eigenvalue weighted by atomic mass is 32.2. The van der Waals surface area contributed by atoms with Gasteiger partial charge in [0.05, 0.1) is 0 Å². The Hall–Kier alpha value is -0.580. The maximum absolute atomic E-state index is 11.9. The highest BCUT2D eigenvalue weighted by molar-refractivity contribution is 7.86. The van der Waals surface area contributed by atoms with Crippen molar-refractivity contribution in [2.45, 2.75) is 45.3 Å². The Morgan fingerprint density at radius 2 is 1.89 bits per heavy atom. The zero-order valence-electron chi connectivity index (χ0n) is 12.0. The molecule has 0 aromatic heterocycles. The fourth-order valence-electron chi connectivity index (χ4n) is 1.88. The van der Waals surface area contributed by atoms with Crippen LogP contribution in [0.15, 0.2) is 0 Å². The largest absolute Gasteiger partial charge is 0.337 e. The highest BCUT2D eigenvalue weighted by Crippen LogP contribution is 2.15. The Morgan fingerprint density at radius 1 is 1.33 bits per heavy atom. The summed E-state index contributed by atoms with van der Waals surface area (Å²) in [5, 5.41) is 2.86. The first-order chi connectivity index (χ1) is 8.30. The molecule has 0 radical (unpaired) electrons. The lowest BCUT2D eigenvalue weighted by molar-refractivity contribution is 0.174. The van der Waals surface area contributed by atoms with E-state index in [1.807, 2.05) is 25.7 Å². The molecule has 106 valence electrons. The van der Waals surface area contributed by atoms with E-state index in [2.05, 4.69) is 12.2 Å². The first-order valence-electron chi connectivity index (χ1n) is 6.72. The molecule has 1 rings (SSSR count). The molecule has 5 heteroatoms. The molecule has 1 N–H and O–H groups in total. The summed E-state index contributed by atoms with van der Waals surface area (Å²) in [5.74, 6) is 1.25. The average Bonchev–Trinajstić information content (AvgIpc) is 2.28. The van der Waals surface area contributed by atoms with Crippen LogP contribution >= 0.6 is 0 Å². The summed E-state index contributed by atoms with van der Waals surface area (Å²) in [6.07, 6.45) is 2.17. The number of likely N-dealkylation sites (tertiary alicyclic amines) is 1. The van der Waals surface area contributed by atoms with Crippen molar-refractivity contribution in [3.8, 4) is 0 Å². The SMILES string of the molecule is CC1CCN(C(=O)NCCS(=O)C(C)(C)C)CC1. The number of hydrogen-bond donors (Lipinski definition) is 1. The van der Waals surface area contributed by atoms with Gasteiger partial charge in [-0.25, -0.2) is 4.79 Å². The van der Waals surface area contributed by atoms with Gasteiger partial charge in [-0.05, 0) is 39.5 Å². The van der Waals surface area contributed by atoms with Gasteiger partial charge in [-0.15, -0.1) is 0 Å². The van der Waals surface area contributed by atoms with Crippen LogP contribution < -0.4 is 5.32 Å². The molecule has 1 saturated heterocycles. The number of rotatable bonds is 3. The van der Waals surface area contributed by atoms with Crippen molar-refractivity contribution < 1.29 is 9.00 Å². The summed E-state index contributed by atoms with van der Waals surface area (Å²) in [7, 11) is -0.898. The van der Waals surface area contributed by atoms with Gasteiger partial charge in [-0.2, -0.15) is 0 Å². The number of urea groups is 1. The van der Waals surface area contributed by atoms with E-state index < -0.39 is 10.8 Å². The van der Waals surface area contributed by atoms with E-state index in [9.17, 15) is 9.00 Å². The molecular formula is C13H26N2O2S. The lowest BCUT2D eigenvalue weighted by Crippen LogP contribution is -2.45. The van der Waals surface area contributed by atoms with Gasteiger partial charge >= 0.3 is 6.03 Å². The number of piperidine rings is 1. The molecule has 0 aromatic rings.